The van der Waals surface area contributed by atoms with Gasteiger partial charge in [0.15, 0.2) is 0 Å². The molecule has 0 fully saturated rings. The van der Waals surface area contributed by atoms with Crippen molar-refractivity contribution in [1.29, 1.82) is 0 Å². The summed E-state index contributed by atoms with van der Waals surface area (Å²) in [5.41, 5.74) is 2.01. The Kier molecular flexibility index (Phi) is 4.92. The van der Waals surface area contributed by atoms with Crippen LogP contribution in [0.2, 0.25) is 5.02 Å². The Morgan fingerprint density at radius 2 is 2.00 bits per heavy atom. The zero-order valence-electron chi connectivity index (χ0n) is 16.0. The zero-order chi connectivity index (χ0) is 20.9. The van der Waals surface area contributed by atoms with E-state index in [1.54, 1.807) is 49.1 Å². The van der Waals surface area contributed by atoms with Crippen LogP contribution >= 0.6 is 27.5 Å². The lowest BCUT2D eigenvalue weighted by molar-refractivity contribution is -0.128. The molecule has 29 heavy (non-hydrogen) atoms. The second-order valence-corrected chi connectivity index (χ2v) is 8.16. The first-order chi connectivity index (χ1) is 13.8. The van der Waals surface area contributed by atoms with Crippen LogP contribution in [0, 0.1) is 0 Å². The number of carbonyl (C=O) groups is 1. The van der Waals surface area contributed by atoms with E-state index in [4.69, 9.17) is 11.6 Å². The molecule has 0 aliphatic carbocycles. The summed E-state index contributed by atoms with van der Waals surface area (Å²) in [6.45, 7) is 0. The number of likely N-dealkylation sites (N-methyl/N-ethyl adjacent to an activating group) is 1. The van der Waals surface area contributed by atoms with E-state index in [-0.39, 0.29) is 17.9 Å². The van der Waals surface area contributed by atoms with Crippen LogP contribution in [0.15, 0.2) is 45.9 Å². The lowest BCUT2D eigenvalue weighted by Crippen LogP contribution is -2.28. The van der Waals surface area contributed by atoms with Crippen molar-refractivity contribution in [2.45, 2.75) is 6.42 Å². The van der Waals surface area contributed by atoms with Crippen molar-refractivity contribution in [3.63, 3.8) is 0 Å². The van der Waals surface area contributed by atoms with Crippen LogP contribution in [0.3, 0.4) is 0 Å². The number of halogens is 2. The molecule has 0 aliphatic heterocycles. The fraction of sp³-hybridized carbons (Fsp3) is 0.200. The van der Waals surface area contributed by atoms with Gasteiger partial charge >= 0.3 is 0 Å². The fourth-order valence-corrected chi connectivity index (χ4v) is 3.76. The van der Waals surface area contributed by atoms with Gasteiger partial charge < -0.3 is 9.47 Å². The van der Waals surface area contributed by atoms with E-state index < -0.39 is 0 Å². The Hall–Kier alpha value is -2.71. The molecule has 0 aliphatic rings. The fourth-order valence-electron chi connectivity index (χ4n) is 3.36. The van der Waals surface area contributed by atoms with Gasteiger partial charge in [0.2, 0.25) is 5.91 Å². The van der Waals surface area contributed by atoms with Crippen molar-refractivity contribution in [3.8, 4) is 5.69 Å². The van der Waals surface area contributed by atoms with Crippen molar-refractivity contribution in [1.82, 2.24) is 24.2 Å². The minimum absolute atomic E-state index is 0.0650. The molecule has 0 bridgehead atoms. The summed E-state index contributed by atoms with van der Waals surface area (Å²) < 4.78 is 3.74. The molecule has 1 aromatic carbocycles. The molecular formula is C20H17BrClN5O2. The maximum absolute atomic E-state index is 13.4. The number of aromatic nitrogens is 4. The molecule has 148 valence electrons. The lowest BCUT2D eigenvalue weighted by Gasteiger charge is -2.13. The number of carbonyl (C=O) groups excluding carboxylic acids is 1. The summed E-state index contributed by atoms with van der Waals surface area (Å²) in [4.78, 5) is 31.6. The molecule has 3 aromatic heterocycles. The van der Waals surface area contributed by atoms with Gasteiger partial charge in [0.1, 0.15) is 10.1 Å². The Morgan fingerprint density at radius 3 is 2.66 bits per heavy atom. The number of benzene rings is 1. The summed E-state index contributed by atoms with van der Waals surface area (Å²) >= 11 is 9.48. The Balaban J connectivity index is 2.11. The maximum atomic E-state index is 13.4. The van der Waals surface area contributed by atoms with Crippen LogP contribution in [0.5, 0.6) is 0 Å². The molecule has 7 nitrogen and oxygen atoms in total. The highest BCUT2D eigenvalue weighted by Crippen LogP contribution is 2.30. The molecule has 0 saturated carbocycles. The Bertz CT molecular complexity index is 1330. The topological polar surface area (TPSA) is 73.0 Å². The van der Waals surface area contributed by atoms with E-state index in [1.165, 1.54) is 9.58 Å². The number of aryl methyl sites for hydroxylation is 1. The van der Waals surface area contributed by atoms with Gasteiger partial charge in [-0.15, -0.1) is 0 Å². The summed E-state index contributed by atoms with van der Waals surface area (Å²) in [6, 6.07) is 8.91. The molecule has 4 rings (SSSR count). The third-order valence-electron chi connectivity index (χ3n) is 4.84. The van der Waals surface area contributed by atoms with Gasteiger partial charge in [0, 0.05) is 36.9 Å². The Labute approximate surface area is 179 Å². The van der Waals surface area contributed by atoms with Crippen molar-refractivity contribution in [2.75, 3.05) is 14.1 Å². The average molecular weight is 475 g/mol. The van der Waals surface area contributed by atoms with Crippen LogP contribution in [-0.2, 0) is 18.3 Å². The van der Waals surface area contributed by atoms with Crippen molar-refractivity contribution < 1.29 is 4.79 Å². The number of pyridine rings is 1. The smallest absolute Gasteiger partial charge is 0.296 e. The van der Waals surface area contributed by atoms with E-state index in [9.17, 15) is 9.59 Å². The second-order valence-electron chi connectivity index (χ2n) is 6.91. The lowest BCUT2D eigenvalue weighted by atomic mass is 10.1. The highest BCUT2D eigenvalue weighted by Gasteiger charge is 2.21. The highest BCUT2D eigenvalue weighted by atomic mass is 79.9. The minimum atomic E-state index is -0.292. The summed E-state index contributed by atoms with van der Waals surface area (Å²) in [5, 5.41) is 6.63. The molecule has 9 heteroatoms. The average Bonchev–Trinajstić information content (AvgIpc) is 2.97. The number of hydrogen-bond acceptors (Lipinski definition) is 4. The first kappa shape index (κ1) is 19.6. The summed E-state index contributed by atoms with van der Waals surface area (Å²) in [5.74, 6) is -0.108. The monoisotopic (exact) mass is 473 g/mol. The first-order valence-electron chi connectivity index (χ1n) is 8.80. The number of amides is 1. The highest BCUT2D eigenvalue weighted by molar-refractivity contribution is 9.10. The number of fused-ring (bicyclic) bond motifs is 3. The predicted octanol–water partition coefficient (Wildman–Crippen LogP) is 3.32. The van der Waals surface area contributed by atoms with Crippen LogP contribution in [0.1, 0.15) is 5.69 Å². The predicted molar refractivity (Wildman–Crippen MR) is 117 cm³/mol. The van der Waals surface area contributed by atoms with Gasteiger partial charge in [0.25, 0.3) is 5.56 Å². The van der Waals surface area contributed by atoms with E-state index in [0.29, 0.717) is 31.9 Å². The molecule has 1 amide bonds. The van der Waals surface area contributed by atoms with Gasteiger partial charge in [-0.2, -0.15) is 9.78 Å². The Morgan fingerprint density at radius 1 is 1.24 bits per heavy atom. The maximum Gasteiger partial charge on any atom is 0.296 e. The molecular weight excluding hydrogens is 458 g/mol. The SMILES string of the molecule is CN(C)C(=O)Cc1nn(-c2ccc(Br)nc2)c(=O)c2c1c1ccc(Cl)cc1n2C. The zero-order valence-corrected chi connectivity index (χ0v) is 18.3. The molecule has 0 saturated heterocycles. The molecule has 0 unspecified atom stereocenters. The van der Waals surface area contributed by atoms with Gasteiger partial charge in [-0.1, -0.05) is 17.7 Å². The molecule has 0 radical (unpaired) electrons. The number of rotatable bonds is 3. The molecule has 0 N–H and O–H groups in total. The third-order valence-corrected chi connectivity index (χ3v) is 5.54. The van der Waals surface area contributed by atoms with E-state index in [2.05, 4.69) is 26.0 Å². The molecule has 0 spiro atoms. The van der Waals surface area contributed by atoms with E-state index >= 15 is 0 Å². The van der Waals surface area contributed by atoms with Crippen molar-refractivity contribution in [3.05, 3.63) is 62.2 Å². The number of nitrogens with zero attached hydrogens (tertiary/aromatic N) is 5. The normalized spacial score (nSPS) is 11.3. The van der Waals surface area contributed by atoms with E-state index in [0.717, 1.165) is 10.9 Å². The standard InChI is InChI=1S/C20H17BrClN5O2/c1-25(2)17(28)9-14-18-13-6-4-11(22)8-15(13)26(3)19(18)20(29)27(24-14)12-5-7-16(21)23-10-12/h4-8,10H,9H2,1-3H3. The van der Waals surface area contributed by atoms with Crippen molar-refractivity contribution in [2.24, 2.45) is 7.05 Å². The first-order valence-corrected chi connectivity index (χ1v) is 9.97. The van der Waals surface area contributed by atoms with Gasteiger partial charge in [-0.3, -0.25) is 9.59 Å². The molecule has 0 atom stereocenters. The molecule has 3 heterocycles. The van der Waals surface area contributed by atoms with Crippen LogP contribution in [0.4, 0.5) is 0 Å². The van der Waals surface area contributed by atoms with Crippen LogP contribution < -0.4 is 5.56 Å². The second kappa shape index (κ2) is 7.27. The van der Waals surface area contributed by atoms with Gasteiger partial charge in [-0.05, 0) is 40.2 Å². The van der Waals surface area contributed by atoms with Crippen LogP contribution in [-0.4, -0.2) is 44.2 Å². The number of hydrogen-bond donors (Lipinski definition) is 0. The van der Waals surface area contributed by atoms with Crippen LogP contribution in [0.25, 0.3) is 27.5 Å². The third kappa shape index (κ3) is 3.32. The molecule has 4 aromatic rings. The van der Waals surface area contributed by atoms with Crippen molar-refractivity contribution >= 4 is 55.2 Å². The van der Waals surface area contributed by atoms with Gasteiger partial charge in [0.05, 0.1) is 29.5 Å². The van der Waals surface area contributed by atoms with E-state index in [1.807, 2.05) is 13.1 Å². The largest absolute Gasteiger partial charge is 0.348 e. The minimum Gasteiger partial charge on any atom is -0.348 e. The summed E-state index contributed by atoms with van der Waals surface area (Å²) in [7, 11) is 5.19. The summed E-state index contributed by atoms with van der Waals surface area (Å²) in [6.07, 6.45) is 1.62. The van der Waals surface area contributed by atoms with Gasteiger partial charge in [-0.25, -0.2) is 4.98 Å². The quantitative estimate of drug-likeness (QED) is 0.427.